The number of rotatable bonds is 7. The van der Waals surface area contributed by atoms with Crippen LogP contribution < -0.4 is 10.6 Å². The average molecular weight is 517 g/mol. The van der Waals surface area contributed by atoms with Crippen LogP contribution in [0.25, 0.3) is 11.2 Å². The van der Waals surface area contributed by atoms with E-state index >= 15 is 0 Å². The highest BCUT2D eigenvalue weighted by Gasteiger charge is 2.34. The number of aryl methyl sites for hydroxylation is 1. The Morgan fingerprint density at radius 1 is 1.13 bits per heavy atom. The summed E-state index contributed by atoms with van der Waals surface area (Å²) in [7, 11) is 1.37. The van der Waals surface area contributed by atoms with Crippen LogP contribution in [0, 0.1) is 12.8 Å². The molecule has 4 aromatic rings. The van der Waals surface area contributed by atoms with Crippen LogP contribution in [0.1, 0.15) is 27.5 Å². The lowest BCUT2D eigenvalue weighted by atomic mass is 9.98. The van der Waals surface area contributed by atoms with Gasteiger partial charge in [-0.25, -0.2) is 9.31 Å². The van der Waals surface area contributed by atoms with Gasteiger partial charge < -0.3 is 25.0 Å². The minimum absolute atomic E-state index is 0.115. The number of hydrogen-bond acceptors (Lipinski definition) is 8. The lowest BCUT2D eigenvalue weighted by molar-refractivity contribution is -0.0248. The summed E-state index contributed by atoms with van der Waals surface area (Å²) < 4.78 is 11.7. The number of anilines is 2. The number of benzene rings is 1. The van der Waals surface area contributed by atoms with Crippen molar-refractivity contribution in [3.8, 4) is 5.69 Å². The van der Waals surface area contributed by atoms with E-state index in [4.69, 9.17) is 9.47 Å². The van der Waals surface area contributed by atoms with Crippen molar-refractivity contribution < 1.29 is 19.1 Å². The standard InChI is InChI=1S/C26H28N8O4/c1-16-3-4-20(34-29-11-23(31-34)18-12-32(13-18)26(36)37-2)8-22(16)30-25(35)21-10-28-33-6-5-19(7-24(21)33)27-9-17-14-38-15-17/h3-8,10-11,17-18,27H,9,12-15H2,1-2H3,(H,30,35). The quantitative estimate of drug-likeness (QED) is 0.384. The topological polar surface area (TPSA) is 128 Å². The number of fused-ring (bicyclic) bond motifs is 1. The van der Waals surface area contributed by atoms with Gasteiger partial charge in [0.05, 0.1) is 55.2 Å². The first-order valence-electron chi connectivity index (χ1n) is 12.4. The molecule has 0 saturated carbocycles. The largest absolute Gasteiger partial charge is 0.453 e. The molecule has 2 fully saturated rings. The molecule has 196 valence electrons. The van der Waals surface area contributed by atoms with Crippen molar-refractivity contribution in [1.29, 1.82) is 0 Å². The molecule has 2 aliphatic rings. The first kappa shape index (κ1) is 23.9. The summed E-state index contributed by atoms with van der Waals surface area (Å²) in [4.78, 5) is 28.1. The minimum Gasteiger partial charge on any atom is -0.453 e. The zero-order valence-corrected chi connectivity index (χ0v) is 21.1. The number of carbonyl (C=O) groups excluding carboxylic acids is 2. The highest BCUT2D eigenvalue weighted by Crippen LogP contribution is 2.27. The number of amides is 2. The first-order valence-corrected chi connectivity index (χ1v) is 12.4. The molecule has 6 rings (SSSR count). The lowest BCUT2D eigenvalue weighted by Crippen LogP contribution is -2.48. The molecular formula is C26H28N8O4. The Labute approximate surface area is 218 Å². The maximum atomic E-state index is 13.3. The highest BCUT2D eigenvalue weighted by molar-refractivity contribution is 6.09. The second kappa shape index (κ2) is 9.78. The van der Waals surface area contributed by atoms with E-state index < -0.39 is 0 Å². The van der Waals surface area contributed by atoms with Crippen LogP contribution in [0.5, 0.6) is 0 Å². The predicted octanol–water partition coefficient (Wildman–Crippen LogP) is 2.70. The molecule has 12 heteroatoms. The van der Waals surface area contributed by atoms with Gasteiger partial charge in [0.15, 0.2) is 0 Å². The second-order valence-corrected chi connectivity index (χ2v) is 9.67. The molecule has 0 atom stereocenters. The molecular weight excluding hydrogens is 488 g/mol. The molecule has 0 bridgehead atoms. The fourth-order valence-electron chi connectivity index (χ4n) is 4.52. The molecule has 0 unspecified atom stereocenters. The summed E-state index contributed by atoms with van der Waals surface area (Å²) in [5.41, 5.74) is 5.20. The number of pyridine rings is 1. The predicted molar refractivity (Wildman–Crippen MR) is 139 cm³/mol. The smallest absolute Gasteiger partial charge is 0.409 e. The average Bonchev–Trinajstić information content (AvgIpc) is 3.51. The summed E-state index contributed by atoms with van der Waals surface area (Å²) in [6.07, 6.45) is 4.78. The third-order valence-electron chi connectivity index (χ3n) is 7.01. The number of hydrogen-bond donors (Lipinski definition) is 2. The van der Waals surface area contributed by atoms with Crippen LogP contribution in [-0.2, 0) is 9.47 Å². The van der Waals surface area contributed by atoms with Gasteiger partial charge in [-0.1, -0.05) is 6.07 Å². The summed E-state index contributed by atoms with van der Waals surface area (Å²) in [5.74, 6) is 0.374. The molecule has 0 radical (unpaired) electrons. The van der Waals surface area contributed by atoms with E-state index in [1.165, 1.54) is 11.9 Å². The lowest BCUT2D eigenvalue weighted by Gasteiger charge is -2.36. The van der Waals surface area contributed by atoms with E-state index in [1.807, 2.05) is 43.5 Å². The fourth-order valence-corrected chi connectivity index (χ4v) is 4.52. The van der Waals surface area contributed by atoms with E-state index in [1.54, 1.807) is 21.8 Å². The van der Waals surface area contributed by atoms with Crippen molar-refractivity contribution in [2.45, 2.75) is 12.8 Å². The van der Waals surface area contributed by atoms with Crippen molar-refractivity contribution in [1.82, 2.24) is 29.5 Å². The Morgan fingerprint density at radius 3 is 2.74 bits per heavy atom. The number of aromatic nitrogens is 5. The molecule has 2 saturated heterocycles. The summed E-state index contributed by atoms with van der Waals surface area (Å²) >= 11 is 0. The van der Waals surface area contributed by atoms with Crippen molar-refractivity contribution in [2.24, 2.45) is 5.92 Å². The molecule has 2 N–H and O–H groups in total. The van der Waals surface area contributed by atoms with Crippen molar-refractivity contribution in [2.75, 3.05) is 50.6 Å². The van der Waals surface area contributed by atoms with Crippen LogP contribution >= 0.6 is 0 Å². The van der Waals surface area contributed by atoms with E-state index in [0.717, 1.165) is 36.7 Å². The Kier molecular flexibility index (Phi) is 6.16. The molecule has 2 amide bonds. The van der Waals surface area contributed by atoms with Gasteiger partial charge in [0.25, 0.3) is 5.91 Å². The van der Waals surface area contributed by atoms with Gasteiger partial charge in [0.2, 0.25) is 0 Å². The second-order valence-electron chi connectivity index (χ2n) is 9.67. The maximum absolute atomic E-state index is 13.3. The number of nitrogens with one attached hydrogen (secondary N) is 2. The fraction of sp³-hybridized carbons (Fsp3) is 0.346. The van der Waals surface area contributed by atoms with Gasteiger partial charge in [-0.15, -0.1) is 0 Å². The monoisotopic (exact) mass is 516 g/mol. The molecule has 0 spiro atoms. The third-order valence-corrected chi connectivity index (χ3v) is 7.01. The SMILES string of the molecule is COC(=O)N1CC(c2cnn(-c3ccc(C)c(NC(=O)c4cnn5ccc(NCC6COC6)cc45)c3)n2)C1. The van der Waals surface area contributed by atoms with Gasteiger partial charge in [-0.05, 0) is 36.8 Å². The van der Waals surface area contributed by atoms with E-state index in [9.17, 15) is 9.59 Å². The molecule has 1 aromatic carbocycles. The summed E-state index contributed by atoms with van der Waals surface area (Å²) in [6, 6.07) is 9.53. The molecule has 5 heterocycles. The van der Waals surface area contributed by atoms with Crippen LogP contribution in [0.2, 0.25) is 0 Å². The van der Waals surface area contributed by atoms with Gasteiger partial charge in [-0.2, -0.15) is 20.1 Å². The number of nitrogens with zero attached hydrogens (tertiary/aromatic N) is 6. The van der Waals surface area contributed by atoms with Gasteiger partial charge in [0.1, 0.15) is 0 Å². The number of likely N-dealkylation sites (tertiary alicyclic amines) is 1. The number of carbonyl (C=O) groups is 2. The third kappa shape index (κ3) is 4.54. The molecule has 12 nitrogen and oxygen atoms in total. The van der Waals surface area contributed by atoms with Gasteiger partial charge in [0, 0.05) is 49.0 Å². The van der Waals surface area contributed by atoms with Crippen LogP contribution in [0.4, 0.5) is 16.2 Å². The molecule has 38 heavy (non-hydrogen) atoms. The maximum Gasteiger partial charge on any atom is 0.409 e. The van der Waals surface area contributed by atoms with Crippen LogP contribution in [-0.4, -0.2) is 81.5 Å². The van der Waals surface area contributed by atoms with E-state index in [-0.39, 0.29) is 17.9 Å². The van der Waals surface area contributed by atoms with Gasteiger partial charge >= 0.3 is 6.09 Å². The Balaban J connectivity index is 1.17. The Hall–Kier alpha value is -4.45. The molecule has 2 aliphatic heterocycles. The number of methoxy groups -OCH3 is 1. The zero-order chi connectivity index (χ0) is 26.2. The minimum atomic E-state index is -0.338. The van der Waals surface area contributed by atoms with Crippen molar-refractivity contribution in [3.05, 3.63) is 65.7 Å². The van der Waals surface area contributed by atoms with Crippen LogP contribution in [0.3, 0.4) is 0 Å². The molecule has 0 aliphatic carbocycles. The van der Waals surface area contributed by atoms with Crippen molar-refractivity contribution in [3.63, 3.8) is 0 Å². The highest BCUT2D eigenvalue weighted by atomic mass is 16.5. The van der Waals surface area contributed by atoms with Crippen molar-refractivity contribution >= 4 is 28.9 Å². The first-order chi connectivity index (χ1) is 18.5. The van der Waals surface area contributed by atoms with E-state index in [2.05, 4.69) is 25.9 Å². The Bertz CT molecular complexity index is 1500. The summed E-state index contributed by atoms with van der Waals surface area (Å²) in [6.45, 7) is 5.40. The number of ether oxygens (including phenoxy) is 2. The van der Waals surface area contributed by atoms with Gasteiger partial charge in [-0.3, -0.25) is 4.79 Å². The summed E-state index contributed by atoms with van der Waals surface area (Å²) in [5, 5.41) is 19.8. The Morgan fingerprint density at radius 2 is 1.97 bits per heavy atom. The van der Waals surface area contributed by atoms with Crippen LogP contribution in [0.15, 0.2) is 48.9 Å². The molecule has 3 aromatic heterocycles. The normalized spacial score (nSPS) is 15.7. The van der Waals surface area contributed by atoms with E-state index in [0.29, 0.717) is 41.5 Å². The zero-order valence-electron chi connectivity index (χ0n) is 21.1.